The zero-order chi connectivity index (χ0) is 16.7. The molecule has 0 atom stereocenters. The molecule has 23 heavy (non-hydrogen) atoms. The lowest BCUT2D eigenvalue weighted by atomic mass is 9.93. The molecule has 1 aliphatic rings. The van der Waals surface area contributed by atoms with E-state index in [4.69, 9.17) is 11.5 Å². The number of primary amides is 1. The number of halogens is 2. The fourth-order valence-corrected chi connectivity index (χ4v) is 2.87. The van der Waals surface area contributed by atoms with E-state index in [1.165, 1.54) is 0 Å². The second-order valence-electron chi connectivity index (χ2n) is 6.16. The molecule has 1 saturated carbocycles. The highest BCUT2D eigenvalue weighted by Gasteiger charge is 2.49. The van der Waals surface area contributed by atoms with Crippen LogP contribution in [-0.2, 0) is 16.6 Å². The second kappa shape index (κ2) is 5.42. The van der Waals surface area contributed by atoms with Crippen LogP contribution in [0.4, 0.5) is 8.78 Å². The van der Waals surface area contributed by atoms with Gasteiger partial charge in [-0.1, -0.05) is 48.5 Å². The van der Waals surface area contributed by atoms with E-state index in [1.807, 2.05) is 24.3 Å². The van der Waals surface area contributed by atoms with Gasteiger partial charge in [0.2, 0.25) is 5.91 Å². The summed E-state index contributed by atoms with van der Waals surface area (Å²) in [6, 6.07) is 11.3. The van der Waals surface area contributed by atoms with E-state index in [1.54, 1.807) is 24.3 Å². The molecule has 0 saturated heterocycles. The number of rotatable bonds is 5. The summed E-state index contributed by atoms with van der Waals surface area (Å²) in [6.07, 6.45) is 1.11. The number of hydrogen-bond donors (Lipinski definition) is 2. The van der Waals surface area contributed by atoms with Gasteiger partial charge in [-0.05, 0) is 35.1 Å². The number of nitrogens with two attached hydrogens (primary N) is 2. The van der Waals surface area contributed by atoms with Gasteiger partial charge in [0.25, 0.3) is 0 Å². The Labute approximate surface area is 133 Å². The van der Waals surface area contributed by atoms with Crippen LogP contribution in [-0.4, -0.2) is 12.0 Å². The van der Waals surface area contributed by atoms with Crippen molar-refractivity contribution in [3.63, 3.8) is 0 Å². The molecule has 3 nitrogen and oxygen atoms in total. The van der Waals surface area contributed by atoms with Crippen LogP contribution in [0.25, 0.3) is 11.1 Å². The summed E-state index contributed by atoms with van der Waals surface area (Å²) in [6.45, 7) is 0. The average Bonchev–Trinajstić information content (AvgIpc) is 3.28. The molecule has 5 heteroatoms. The van der Waals surface area contributed by atoms with Crippen molar-refractivity contribution in [1.29, 1.82) is 0 Å². The van der Waals surface area contributed by atoms with E-state index in [0.717, 1.165) is 29.5 Å². The van der Waals surface area contributed by atoms with Crippen molar-refractivity contribution >= 4 is 5.91 Å². The zero-order valence-electron chi connectivity index (χ0n) is 12.6. The number of amides is 1. The summed E-state index contributed by atoms with van der Waals surface area (Å²) >= 11 is 0. The smallest absolute Gasteiger partial charge is 0.304 e. The molecular weight excluding hydrogens is 298 g/mol. The first-order valence-electron chi connectivity index (χ1n) is 7.47. The van der Waals surface area contributed by atoms with Crippen molar-refractivity contribution in [3.05, 3.63) is 59.7 Å². The van der Waals surface area contributed by atoms with Crippen LogP contribution in [0, 0.1) is 0 Å². The minimum absolute atomic E-state index is 0.280. The molecule has 3 rings (SSSR count). The normalized spacial score (nSPS) is 16.1. The first-order valence-corrected chi connectivity index (χ1v) is 7.47. The second-order valence-corrected chi connectivity index (χ2v) is 6.16. The summed E-state index contributed by atoms with van der Waals surface area (Å²) in [5.41, 5.74) is 13.0. The Morgan fingerprint density at radius 3 is 1.87 bits per heavy atom. The first-order chi connectivity index (χ1) is 10.8. The molecule has 2 aromatic rings. The summed E-state index contributed by atoms with van der Waals surface area (Å²) in [5.74, 6) is -0.280. The molecule has 0 heterocycles. The lowest BCUT2D eigenvalue weighted by Gasteiger charge is -2.13. The van der Waals surface area contributed by atoms with E-state index in [0.29, 0.717) is 5.56 Å². The van der Waals surface area contributed by atoms with Gasteiger partial charge < -0.3 is 5.73 Å². The largest absolute Gasteiger partial charge is 0.369 e. The summed E-state index contributed by atoms with van der Waals surface area (Å²) < 4.78 is 25.6. The van der Waals surface area contributed by atoms with Crippen molar-refractivity contribution in [2.24, 2.45) is 11.5 Å². The number of hydrogen-bond acceptors (Lipinski definition) is 2. The maximum atomic E-state index is 12.8. The third-order valence-electron chi connectivity index (χ3n) is 4.39. The SMILES string of the molecule is NC(=O)C1(c2ccc(-c3ccc(CC(N)(F)F)cc3)cc2)CC1. The van der Waals surface area contributed by atoms with Crippen LogP contribution in [0.5, 0.6) is 0 Å². The van der Waals surface area contributed by atoms with Crippen LogP contribution in [0.2, 0.25) is 0 Å². The average molecular weight is 316 g/mol. The highest BCUT2D eigenvalue weighted by Crippen LogP contribution is 2.48. The van der Waals surface area contributed by atoms with Crippen LogP contribution in [0.3, 0.4) is 0 Å². The highest BCUT2D eigenvalue weighted by atomic mass is 19.3. The highest BCUT2D eigenvalue weighted by molar-refractivity contribution is 5.90. The van der Waals surface area contributed by atoms with Gasteiger partial charge in [-0.2, -0.15) is 8.78 Å². The van der Waals surface area contributed by atoms with E-state index in [9.17, 15) is 13.6 Å². The molecule has 0 bridgehead atoms. The summed E-state index contributed by atoms with van der Waals surface area (Å²) in [4.78, 5) is 11.5. The number of carbonyl (C=O) groups excluding carboxylic acids is 1. The fraction of sp³-hybridized carbons (Fsp3) is 0.278. The van der Waals surface area contributed by atoms with Gasteiger partial charge in [0.05, 0.1) is 11.8 Å². The topological polar surface area (TPSA) is 69.1 Å². The van der Waals surface area contributed by atoms with E-state index in [-0.39, 0.29) is 5.91 Å². The van der Waals surface area contributed by atoms with Crippen molar-refractivity contribution < 1.29 is 13.6 Å². The minimum atomic E-state index is -3.20. The van der Waals surface area contributed by atoms with Gasteiger partial charge in [-0.25, -0.2) is 0 Å². The molecule has 0 aliphatic heterocycles. The standard InChI is InChI=1S/C18H18F2N2O/c19-18(20,22)11-12-1-3-13(4-2-12)14-5-7-15(8-6-14)17(9-10-17)16(21)23/h1-8H,9-11,22H2,(H2,21,23). The Bertz CT molecular complexity index is 714. The molecule has 1 amide bonds. The van der Waals surface area contributed by atoms with Gasteiger partial charge in [0, 0.05) is 0 Å². The quantitative estimate of drug-likeness (QED) is 0.833. The van der Waals surface area contributed by atoms with Crippen LogP contribution >= 0.6 is 0 Å². The van der Waals surface area contributed by atoms with Crippen LogP contribution < -0.4 is 11.5 Å². The fourth-order valence-electron chi connectivity index (χ4n) is 2.87. The Balaban J connectivity index is 1.79. The number of alkyl halides is 2. The first kappa shape index (κ1) is 15.6. The Morgan fingerprint density at radius 1 is 1.00 bits per heavy atom. The Morgan fingerprint density at radius 2 is 1.48 bits per heavy atom. The molecule has 0 spiro atoms. The Hall–Kier alpha value is -2.27. The van der Waals surface area contributed by atoms with Gasteiger partial charge in [0.1, 0.15) is 0 Å². The summed E-state index contributed by atoms with van der Waals surface area (Å²) in [5, 5.41) is 0. The molecular formula is C18H18F2N2O. The summed E-state index contributed by atoms with van der Waals surface area (Å²) in [7, 11) is 0. The van der Waals surface area contributed by atoms with Crippen LogP contribution in [0.1, 0.15) is 24.0 Å². The molecule has 0 unspecified atom stereocenters. The van der Waals surface area contributed by atoms with Crippen molar-refractivity contribution in [2.75, 3.05) is 0 Å². The molecule has 0 radical (unpaired) electrons. The maximum absolute atomic E-state index is 12.8. The third-order valence-corrected chi connectivity index (χ3v) is 4.39. The molecule has 120 valence electrons. The third kappa shape index (κ3) is 3.24. The molecule has 0 aromatic heterocycles. The van der Waals surface area contributed by atoms with Crippen molar-refractivity contribution in [1.82, 2.24) is 0 Å². The maximum Gasteiger partial charge on any atom is 0.304 e. The van der Waals surface area contributed by atoms with Gasteiger partial charge in [0.15, 0.2) is 0 Å². The van der Waals surface area contributed by atoms with Gasteiger partial charge in [-0.3, -0.25) is 10.5 Å². The Kier molecular flexibility index (Phi) is 3.68. The lowest BCUT2D eigenvalue weighted by molar-refractivity contribution is -0.120. The zero-order valence-corrected chi connectivity index (χ0v) is 12.6. The van der Waals surface area contributed by atoms with Crippen molar-refractivity contribution in [3.8, 4) is 11.1 Å². The molecule has 1 aliphatic carbocycles. The lowest BCUT2D eigenvalue weighted by Crippen LogP contribution is -2.30. The monoisotopic (exact) mass is 316 g/mol. The number of carbonyl (C=O) groups is 1. The van der Waals surface area contributed by atoms with E-state index in [2.05, 4.69) is 0 Å². The minimum Gasteiger partial charge on any atom is -0.369 e. The van der Waals surface area contributed by atoms with Gasteiger partial charge >= 0.3 is 6.05 Å². The predicted molar refractivity (Wildman–Crippen MR) is 84.8 cm³/mol. The molecule has 2 aromatic carbocycles. The predicted octanol–water partition coefficient (Wildman–Crippen LogP) is 2.96. The van der Waals surface area contributed by atoms with E-state index >= 15 is 0 Å². The number of benzene rings is 2. The molecule has 1 fully saturated rings. The van der Waals surface area contributed by atoms with Crippen molar-refractivity contribution in [2.45, 2.75) is 30.7 Å². The van der Waals surface area contributed by atoms with E-state index < -0.39 is 17.9 Å². The molecule has 4 N–H and O–H groups in total. The van der Waals surface area contributed by atoms with Crippen LogP contribution in [0.15, 0.2) is 48.5 Å². The van der Waals surface area contributed by atoms with Gasteiger partial charge in [-0.15, -0.1) is 0 Å².